The van der Waals surface area contributed by atoms with Gasteiger partial charge in [0, 0.05) is 0 Å². The summed E-state index contributed by atoms with van der Waals surface area (Å²) in [7, 11) is 0. The topological polar surface area (TPSA) is 29.0 Å². The molecule has 3 aromatic rings. The number of pyridine rings is 2. The van der Waals surface area contributed by atoms with Crippen LogP contribution in [0, 0.1) is 20.8 Å². The van der Waals surface area contributed by atoms with Crippen molar-refractivity contribution in [2.24, 2.45) is 0 Å². The molecule has 0 saturated carbocycles. The van der Waals surface area contributed by atoms with E-state index in [4.69, 9.17) is 0 Å². The van der Waals surface area contributed by atoms with E-state index in [9.17, 15) is 0 Å². The molecule has 0 amide bonds. The van der Waals surface area contributed by atoms with Gasteiger partial charge in [0.2, 0.25) is 0 Å². The van der Waals surface area contributed by atoms with Crippen molar-refractivity contribution in [3.63, 3.8) is 0 Å². The molecule has 23 heavy (non-hydrogen) atoms. The second-order valence-electron chi connectivity index (χ2n) is 5.84. The molecule has 3 heterocycles. The van der Waals surface area contributed by atoms with Gasteiger partial charge in [0.25, 0.3) is 0 Å². The van der Waals surface area contributed by atoms with Crippen molar-refractivity contribution in [3.8, 4) is 0 Å². The monoisotopic (exact) mass is 367 g/mol. The fourth-order valence-electron chi connectivity index (χ4n) is 3.22. The summed E-state index contributed by atoms with van der Waals surface area (Å²) in [5.74, 6) is 2.04. The van der Waals surface area contributed by atoms with E-state index in [0.717, 1.165) is 11.6 Å². The maximum absolute atomic E-state index is 4.68. The first-order valence-corrected chi connectivity index (χ1v) is 9.32. The Balaban J connectivity index is 2.02. The zero-order chi connectivity index (χ0) is 16.0. The number of hydrogen-bond acceptors (Lipinski definition) is 3. The quantitative estimate of drug-likeness (QED) is 0.485. The number of benzene rings is 1. The summed E-state index contributed by atoms with van der Waals surface area (Å²) < 4.78 is 2.61. The second-order valence-corrected chi connectivity index (χ2v) is 8.11. The standard InChI is InChI=1S/C19H17N3Se/c1-12-10-13(2)17(14(3)11-12)22-18-15(6-4-8-20-18)23-16-7-5-9-21-19(16)22/h4-11H,1-3H3. The number of rotatable bonds is 1. The molecule has 0 unspecified atom stereocenters. The molecule has 3 nitrogen and oxygen atoms in total. The third-order valence-electron chi connectivity index (χ3n) is 4.00. The molecule has 4 rings (SSSR count). The first kappa shape index (κ1) is 14.4. The van der Waals surface area contributed by atoms with Crippen molar-refractivity contribution in [3.05, 3.63) is 65.5 Å². The summed E-state index contributed by atoms with van der Waals surface area (Å²) in [6.07, 6.45) is 3.74. The van der Waals surface area contributed by atoms with Crippen molar-refractivity contribution in [2.45, 2.75) is 20.8 Å². The van der Waals surface area contributed by atoms with Crippen molar-refractivity contribution in [1.29, 1.82) is 0 Å². The molecule has 0 aliphatic carbocycles. The van der Waals surface area contributed by atoms with E-state index in [1.165, 1.54) is 31.3 Å². The van der Waals surface area contributed by atoms with Crippen molar-refractivity contribution in [1.82, 2.24) is 9.97 Å². The van der Waals surface area contributed by atoms with Gasteiger partial charge in [0.1, 0.15) is 0 Å². The van der Waals surface area contributed by atoms with E-state index >= 15 is 0 Å². The van der Waals surface area contributed by atoms with Crippen LogP contribution in [0.5, 0.6) is 0 Å². The van der Waals surface area contributed by atoms with Crippen LogP contribution < -0.4 is 13.8 Å². The molecule has 0 bridgehead atoms. The van der Waals surface area contributed by atoms with Crippen LogP contribution in [-0.4, -0.2) is 24.9 Å². The molecule has 0 saturated heterocycles. The summed E-state index contributed by atoms with van der Waals surface area (Å²) in [6, 6.07) is 12.9. The van der Waals surface area contributed by atoms with Crippen molar-refractivity contribution in [2.75, 3.05) is 4.90 Å². The van der Waals surface area contributed by atoms with Crippen molar-refractivity contribution >= 4 is 41.2 Å². The van der Waals surface area contributed by atoms with Gasteiger partial charge in [0.05, 0.1) is 0 Å². The van der Waals surface area contributed by atoms with E-state index in [1.807, 2.05) is 24.5 Å². The molecule has 0 spiro atoms. The summed E-state index contributed by atoms with van der Waals surface area (Å²) in [5, 5.41) is 0. The minimum absolute atomic E-state index is 0.246. The van der Waals surface area contributed by atoms with Gasteiger partial charge in [-0.1, -0.05) is 0 Å². The van der Waals surface area contributed by atoms with E-state index in [-0.39, 0.29) is 15.0 Å². The fraction of sp³-hybridized carbons (Fsp3) is 0.158. The molecular weight excluding hydrogens is 349 g/mol. The van der Waals surface area contributed by atoms with Crippen LogP contribution in [0.15, 0.2) is 48.8 Å². The first-order chi connectivity index (χ1) is 11.1. The Morgan fingerprint density at radius 1 is 0.826 bits per heavy atom. The maximum atomic E-state index is 4.68. The van der Waals surface area contributed by atoms with Crippen molar-refractivity contribution < 1.29 is 0 Å². The number of fused-ring (bicyclic) bond motifs is 2. The van der Waals surface area contributed by atoms with Crippen LogP contribution >= 0.6 is 0 Å². The van der Waals surface area contributed by atoms with Crippen LogP contribution in [0.4, 0.5) is 17.3 Å². The Labute approximate surface area is 142 Å². The second kappa shape index (κ2) is 5.48. The number of aromatic nitrogens is 2. The number of hydrogen-bond donors (Lipinski definition) is 0. The summed E-state index contributed by atoms with van der Waals surface area (Å²) in [5.41, 5.74) is 4.99. The van der Waals surface area contributed by atoms with E-state index in [1.54, 1.807) is 0 Å². The van der Waals surface area contributed by atoms with Gasteiger partial charge in [-0.05, 0) is 0 Å². The van der Waals surface area contributed by atoms with Crippen LogP contribution in [-0.2, 0) is 0 Å². The third kappa shape index (κ3) is 2.35. The number of nitrogens with zero attached hydrogens (tertiary/aromatic N) is 3. The predicted octanol–water partition coefficient (Wildman–Crippen LogP) is 2.84. The Bertz CT molecular complexity index is 836. The summed E-state index contributed by atoms with van der Waals surface area (Å²) in [4.78, 5) is 11.6. The molecule has 2 aromatic heterocycles. The molecule has 0 N–H and O–H groups in total. The molecule has 0 radical (unpaired) electrons. The van der Waals surface area contributed by atoms with Gasteiger partial charge in [-0.2, -0.15) is 0 Å². The predicted molar refractivity (Wildman–Crippen MR) is 95.9 cm³/mol. The molecule has 0 fully saturated rings. The fourth-order valence-corrected chi connectivity index (χ4v) is 5.31. The Hall–Kier alpha value is -2.16. The van der Waals surface area contributed by atoms with Gasteiger partial charge < -0.3 is 0 Å². The minimum atomic E-state index is 0.246. The zero-order valence-electron chi connectivity index (χ0n) is 13.4. The molecule has 114 valence electrons. The molecule has 1 aliphatic heterocycles. The van der Waals surface area contributed by atoms with Crippen LogP contribution in [0.3, 0.4) is 0 Å². The van der Waals surface area contributed by atoms with Crippen LogP contribution in [0.1, 0.15) is 16.7 Å². The van der Waals surface area contributed by atoms with Gasteiger partial charge in [-0.15, -0.1) is 0 Å². The van der Waals surface area contributed by atoms with E-state index < -0.39 is 0 Å². The third-order valence-corrected chi connectivity index (χ3v) is 6.26. The first-order valence-electron chi connectivity index (χ1n) is 7.61. The number of anilines is 3. The van der Waals surface area contributed by atoms with Gasteiger partial charge >= 0.3 is 142 Å². The summed E-state index contributed by atoms with van der Waals surface area (Å²) in [6.45, 7) is 6.47. The van der Waals surface area contributed by atoms with E-state index in [0.29, 0.717) is 0 Å². The Morgan fingerprint density at radius 2 is 1.35 bits per heavy atom. The van der Waals surface area contributed by atoms with Crippen LogP contribution in [0.25, 0.3) is 0 Å². The van der Waals surface area contributed by atoms with Gasteiger partial charge in [-0.25, -0.2) is 0 Å². The molecule has 1 aromatic carbocycles. The zero-order valence-corrected chi connectivity index (χ0v) is 15.1. The molecular formula is C19H17N3Se. The SMILES string of the molecule is Cc1cc(C)c(N2c3ncccc3[Se]c3cccnc32)c(C)c1. The summed E-state index contributed by atoms with van der Waals surface area (Å²) >= 11 is 0.246. The molecule has 0 atom stereocenters. The van der Waals surface area contributed by atoms with Gasteiger partial charge in [0.15, 0.2) is 0 Å². The molecule has 4 heteroatoms. The molecule has 1 aliphatic rings. The van der Waals surface area contributed by atoms with Crippen LogP contribution in [0.2, 0.25) is 0 Å². The van der Waals surface area contributed by atoms with E-state index in [2.05, 4.69) is 59.9 Å². The average Bonchev–Trinajstić information content (AvgIpc) is 2.53. The Morgan fingerprint density at radius 3 is 1.87 bits per heavy atom. The number of aryl methyl sites for hydroxylation is 3. The normalized spacial score (nSPS) is 12.7. The average molecular weight is 366 g/mol. The van der Waals surface area contributed by atoms with Gasteiger partial charge in [-0.3, -0.25) is 0 Å². The Kier molecular flexibility index (Phi) is 3.44.